The molecule has 8 heteroatoms. The molecule has 0 saturated carbocycles. The molecule has 2 heterocycles. The van der Waals surface area contributed by atoms with Crippen molar-refractivity contribution in [3.63, 3.8) is 0 Å². The molecule has 4 rings (SSSR count). The number of aryl methyl sites for hydroxylation is 2. The number of hydrogen-bond acceptors (Lipinski definition) is 5. The minimum Gasteiger partial charge on any atom is -0.325 e. The predicted octanol–water partition coefficient (Wildman–Crippen LogP) is 5.44. The Morgan fingerprint density at radius 3 is 2.49 bits per heavy atom. The van der Waals surface area contributed by atoms with Gasteiger partial charge < -0.3 is 5.32 Å². The second-order valence-electron chi connectivity index (χ2n) is 8.85. The first-order valence-corrected chi connectivity index (χ1v) is 13.1. The van der Waals surface area contributed by atoms with Crippen LogP contribution in [-0.2, 0) is 14.4 Å². The largest absolute Gasteiger partial charge is 0.325 e. The maximum absolute atomic E-state index is 13.6. The summed E-state index contributed by atoms with van der Waals surface area (Å²) in [6, 6.07) is 13.0. The van der Waals surface area contributed by atoms with Gasteiger partial charge >= 0.3 is 0 Å². The van der Waals surface area contributed by atoms with E-state index in [0.29, 0.717) is 38.3 Å². The van der Waals surface area contributed by atoms with Gasteiger partial charge in [-0.2, -0.15) is 0 Å². The fraction of sp³-hybridized carbons (Fsp3) is 0.333. The van der Waals surface area contributed by atoms with Crippen LogP contribution in [0.5, 0.6) is 0 Å². The number of nitrogens with one attached hydrogen (secondary N) is 1. The maximum Gasteiger partial charge on any atom is 0.267 e. The van der Waals surface area contributed by atoms with Crippen LogP contribution < -0.4 is 10.2 Å². The topological polar surface area (TPSA) is 69.7 Å². The summed E-state index contributed by atoms with van der Waals surface area (Å²) in [5, 5.41) is 2.88. The summed E-state index contributed by atoms with van der Waals surface area (Å²) in [6.45, 7) is 6.54. The molecule has 0 atom stereocenters. The molecule has 1 saturated heterocycles. The molecule has 0 radical (unpaired) electrons. The summed E-state index contributed by atoms with van der Waals surface area (Å²) in [6.07, 6.45) is 4.13. The van der Waals surface area contributed by atoms with Crippen LogP contribution >= 0.6 is 24.0 Å². The second kappa shape index (κ2) is 10.7. The average Bonchev–Trinajstić information content (AvgIpc) is 3.26. The smallest absolute Gasteiger partial charge is 0.267 e. The number of amides is 3. The van der Waals surface area contributed by atoms with Gasteiger partial charge in [0.05, 0.1) is 16.2 Å². The highest BCUT2D eigenvalue weighted by Gasteiger charge is 2.42. The minimum atomic E-state index is -0.354. The third kappa shape index (κ3) is 5.18. The molecule has 0 aromatic heterocycles. The van der Waals surface area contributed by atoms with Gasteiger partial charge in [-0.05, 0) is 49.6 Å². The van der Waals surface area contributed by atoms with Crippen molar-refractivity contribution in [3.8, 4) is 0 Å². The molecule has 1 N–H and O–H groups in total. The lowest BCUT2D eigenvalue weighted by Gasteiger charge is -2.17. The molecule has 6 nitrogen and oxygen atoms in total. The lowest BCUT2D eigenvalue weighted by atomic mass is 10.1. The second-order valence-corrected chi connectivity index (χ2v) is 10.5. The number of thiocarbonyl (C=S) groups is 1. The van der Waals surface area contributed by atoms with Gasteiger partial charge in [0.25, 0.3) is 11.8 Å². The number of thioether (sulfide) groups is 1. The molecule has 0 bridgehead atoms. The van der Waals surface area contributed by atoms with Crippen LogP contribution in [0.2, 0.25) is 0 Å². The zero-order valence-corrected chi connectivity index (χ0v) is 21.9. The van der Waals surface area contributed by atoms with E-state index in [9.17, 15) is 14.4 Å². The summed E-state index contributed by atoms with van der Waals surface area (Å²) in [5.41, 5.74) is 4.50. The Morgan fingerprint density at radius 1 is 0.971 bits per heavy atom. The number of para-hydroxylation sites is 1. The van der Waals surface area contributed by atoms with Crippen molar-refractivity contribution in [2.75, 3.05) is 23.3 Å². The molecular formula is C27H29N3O3S2. The van der Waals surface area contributed by atoms with E-state index in [1.807, 2.05) is 50.2 Å². The maximum atomic E-state index is 13.6. The Labute approximate surface area is 215 Å². The van der Waals surface area contributed by atoms with Crippen molar-refractivity contribution in [2.24, 2.45) is 0 Å². The Bertz CT molecular complexity index is 1240. The van der Waals surface area contributed by atoms with Gasteiger partial charge in [0, 0.05) is 17.8 Å². The molecule has 2 aromatic rings. The predicted molar refractivity (Wildman–Crippen MR) is 146 cm³/mol. The molecular weight excluding hydrogens is 478 g/mol. The van der Waals surface area contributed by atoms with Crippen LogP contribution in [0, 0.1) is 13.8 Å². The van der Waals surface area contributed by atoms with Crippen LogP contribution in [-0.4, -0.2) is 40.0 Å². The van der Waals surface area contributed by atoms with Crippen LogP contribution in [0.3, 0.4) is 0 Å². The summed E-state index contributed by atoms with van der Waals surface area (Å²) in [5.74, 6) is -0.884. The van der Waals surface area contributed by atoms with Gasteiger partial charge in [0.2, 0.25) is 5.91 Å². The quantitative estimate of drug-likeness (QED) is 0.293. The number of rotatable bonds is 8. The normalized spacial score (nSPS) is 17.4. The number of carbonyl (C=O) groups excluding carboxylic acids is 3. The van der Waals surface area contributed by atoms with E-state index in [0.717, 1.165) is 36.8 Å². The van der Waals surface area contributed by atoms with Gasteiger partial charge in [-0.1, -0.05) is 74.4 Å². The Balaban J connectivity index is 1.57. The van der Waals surface area contributed by atoms with Crippen molar-refractivity contribution in [1.29, 1.82) is 0 Å². The number of fused-ring (bicyclic) bond motifs is 1. The minimum absolute atomic E-state index is 0.149. The number of anilines is 2. The van der Waals surface area contributed by atoms with Crippen LogP contribution in [0.1, 0.15) is 49.3 Å². The standard InChI is InChI=1S/C27H29N3O3S2/c1-4-5-6-9-14-29-26(33)24(35-27(29)34)23-20-10-7-8-11-21(20)30(25(23)32)16-22(31)28-19-13-12-17(2)18(3)15-19/h7-8,10-13,15H,4-6,9,14,16H2,1-3H3,(H,28,31)/b24-23-. The molecule has 0 spiro atoms. The number of unbranched alkanes of at least 4 members (excludes halogenated alkanes) is 3. The van der Waals surface area contributed by atoms with Crippen molar-refractivity contribution < 1.29 is 14.4 Å². The van der Waals surface area contributed by atoms with E-state index in [1.165, 1.54) is 16.7 Å². The number of nitrogens with zero attached hydrogens (tertiary/aromatic N) is 2. The lowest BCUT2D eigenvalue weighted by molar-refractivity contribution is -0.122. The lowest BCUT2D eigenvalue weighted by Crippen LogP contribution is -2.35. The first-order valence-electron chi connectivity index (χ1n) is 11.9. The average molecular weight is 508 g/mol. The monoisotopic (exact) mass is 507 g/mol. The molecule has 0 unspecified atom stereocenters. The molecule has 0 aliphatic carbocycles. The molecule has 182 valence electrons. The van der Waals surface area contributed by atoms with E-state index in [2.05, 4.69) is 12.2 Å². The molecule has 2 aliphatic heterocycles. The fourth-order valence-corrected chi connectivity index (χ4v) is 5.64. The molecule has 35 heavy (non-hydrogen) atoms. The van der Waals surface area contributed by atoms with E-state index >= 15 is 0 Å². The van der Waals surface area contributed by atoms with Gasteiger partial charge in [0.1, 0.15) is 10.9 Å². The van der Waals surface area contributed by atoms with Crippen LogP contribution in [0.25, 0.3) is 5.57 Å². The third-order valence-electron chi connectivity index (χ3n) is 6.33. The van der Waals surface area contributed by atoms with Gasteiger partial charge in [-0.25, -0.2) is 0 Å². The first-order chi connectivity index (χ1) is 16.8. The number of benzene rings is 2. The highest BCUT2D eigenvalue weighted by Crippen LogP contribution is 2.44. The van der Waals surface area contributed by atoms with E-state index in [-0.39, 0.29) is 24.3 Å². The summed E-state index contributed by atoms with van der Waals surface area (Å²) in [4.78, 5) is 43.1. The highest BCUT2D eigenvalue weighted by atomic mass is 32.2. The number of carbonyl (C=O) groups is 3. The molecule has 3 amide bonds. The zero-order chi connectivity index (χ0) is 25.1. The molecule has 2 aliphatic rings. The number of hydrogen-bond donors (Lipinski definition) is 1. The Morgan fingerprint density at radius 2 is 1.74 bits per heavy atom. The van der Waals surface area contributed by atoms with Crippen LogP contribution in [0.15, 0.2) is 47.4 Å². The summed E-state index contributed by atoms with van der Waals surface area (Å²) >= 11 is 6.66. The third-order valence-corrected chi connectivity index (χ3v) is 7.78. The van der Waals surface area contributed by atoms with Crippen molar-refractivity contribution in [2.45, 2.75) is 46.5 Å². The zero-order valence-electron chi connectivity index (χ0n) is 20.2. The van der Waals surface area contributed by atoms with Crippen molar-refractivity contribution >= 4 is 63.0 Å². The first kappa shape index (κ1) is 25.1. The van der Waals surface area contributed by atoms with Gasteiger partial charge in [-0.15, -0.1) is 0 Å². The molecule has 2 aromatic carbocycles. The Kier molecular flexibility index (Phi) is 7.72. The van der Waals surface area contributed by atoms with E-state index in [1.54, 1.807) is 11.0 Å². The fourth-order valence-electron chi connectivity index (χ4n) is 4.26. The summed E-state index contributed by atoms with van der Waals surface area (Å²) < 4.78 is 0.477. The summed E-state index contributed by atoms with van der Waals surface area (Å²) in [7, 11) is 0. The van der Waals surface area contributed by atoms with Crippen molar-refractivity contribution in [1.82, 2.24) is 4.90 Å². The van der Waals surface area contributed by atoms with Crippen LogP contribution in [0.4, 0.5) is 11.4 Å². The van der Waals surface area contributed by atoms with Gasteiger partial charge in [-0.3, -0.25) is 24.2 Å². The highest BCUT2D eigenvalue weighted by molar-refractivity contribution is 8.26. The Hall–Kier alpha value is -2.97. The van der Waals surface area contributed by atoms with Gasteiger partial charge in [0.15, 0.2) is 0 Å². The van der Waals surface area contributed by atoms with Crippen molar-refractivity contribution in [3.05, 3.63) is 64.1 Å². The van der Waals surface area contributed by atoms with E-state index < -0.39 is 0 Å². The van der Waals surface area contributed by atoms with E-state index in [4.69, 9.17) is 12.2 Å². The molecule has 1 fully saturated rings. The SMILES string of the molecule is CCCCCCN1C(=O)/C(=C2/C(=O)N(CC(=O)Nc3ccc(C)c(C)c3)c3ccccc32)SC1=S.